The average Bonchev–Trinajstić information content (AvgIpc) is 2.43. The first-order valence-corrected chi connectivity index (χ1v) is 5.99. The molecule has 2 atom stereocenters. The summed E-state index contributed by atoms with van der Waals surface area (Å²) in [7, 11) is 2.54. The highest BCUT2D eigenvalue weighted by atomic mass is 19.4. The Labute approximate surface area is 115 Å². The van der Waals surface area contributed by atoms with Gasteiger partial charge in [-0.3, -0.25) is 0 Å². The Balaban J connectivity index is 3.56. The van der Waals surface area contributed by atoms with Crippen molar-refractivity contribution in [1.82, 2.24) is 0 Å². The van der Waals surface area contributed by atoms with Crippen LogP contribution in [0.25, 0.3) is 0 Å². The van der Waals surface area contributed by atoms with Crippen molar-refractivity contribution >= 4 is 0 Å². The second kappa shape index (κ2) is 5.88. The molecule has 0 saturated carbocycles. The van der Waals surface area contributed by atoms with Crippen molar-refractivity contribution in [2.24, 2.45) is 5.73 Å². The van der Waals surface area contributed by atoms with Gasteiger partial charge < -0.3 is 20.3 Å². The summed E-state index contributed by atoms with van der Waals surface area (Å²) in [4.78, 5) is 0. The van der Waals surface area contributed by atoms with Crippen LogP contribution >= 0.6 is 0 Å². The van der Waals surface area contributed by atoms with E-state index in [4.69, 9.17) is 15.2 Å². The topological polar surface area (TPSA) is 64.7 Å². The molecule has 20 heavy (non-hydrogen) atoms. The molecular weight excluding hydrogens is 275 g/mol. The summed E-state index contributed by atoms with van der Waals surface area (Å²) in [6.45, 7) is 1.47. The highest BCUT2D eigenvalue weighted by molar-refractivity contribution is 5.45. The van der Waals surface area contributed by atoms with E-state index in [1.54, 1.807) is 0 Å². The van der Waals surface area contributed by atoms with E-state index in [0.717, 1.165) is 6.07 Å². The number of hydrogen-bond acceptors (Lipinski definition) is 4. The Hall–Kier alpha value is -1.47. The Kier molecular flexibility index (Phi) is 4.88. The smallest absolute Gasteiger partial charge is 0.423 e. The second-order valence-electron chi connectivity index (χ2n) is 4.35. The number of aliphatic hydroxyl groups is 1. The van der Waals surface area contributed by atoms with Crippen molar-refractivity contribution < 1.29 is 27.8 Å². The maximum absolute atomic E-state index is 13.4. The maximum atomic E-state index is 13.4. The fourth-order valence-electron chi connectivity index (χ4n) is 1.97. The third-order valence-corrected chi connectivity index (χ3v) is 3.23. The second-order valence-corrected chi connectivity index (χ2v) is 4.35. The van der Waals surface area contributed by atoms with Crippen LogP contribution in [0.5, 0.6) is 11.5 Å². The zero-order valence-corrected chi connectivity index (χ0v) is 11.5. The third-order valence-electron chi connectivity index (χ3n) is 3.23. The fourth-order valence-corrected chi connectivity index (χ4v) is 1.97. The number of rotatable bonds is 5. The summed E-state index contributed by atoms with van der Waals surface area (Å²) in [5.41, 5.74) is 1.85. The van der Waals surface area contributed by atoms with E-state index in [9.17, 15) is 18.3 Å². The van der Waals surface area contributed by atoms with Gasteiger partial charge in [-0.25, -0.2) is 0 Å². The minimum atomic E-state index is -4.94. The van der Waals surface area contributed by atoms with Crippen LogP contribution in [0.15, 0.2) is 18.2 Å². The van der Waals surface area contributed by atoms with Gasteiger partial charge in [0.25, 0.3) is 0 Å². The Bertz CT molecular complexity index is 465. The molecular formula is C13H18F3NO3. The monoisotopic (exact) mass is 293 g/mol. The number of hydrogen-bond donors (Lipinski definition) is 2. The quantitative estimate of drug-likeness (QED) is 0.873. The van der Waals surface area contributed by atoms with Crippen molar-refractivity contribution in [2.75, 3.05) is 14.2 Å². The molecule has 0 fully saturated rings. The Morgan fingerprint density at radius 1 is 1.25 bits per heavy atom. The predicted molar refractivity (Wildman–Crippen MR) is 67.8 cm³/mol. The van der Waals surface area contributed by atoms with E-state index in [1.165, 1.54) is 33.3 Å². The molecule has 0 saturated heterocycles. The van der Waals surface area contributed by atoms with E-state index in [-0.39, 0.29) is 17.9 Å². The molecule has 1 aromatic rings. The van der Waals surface area contributed by atoms with Crippen LogP contribution in [0.1, 0.15) is 18.9 Å². The molecule has 1 aromatic carbocycles. The van der Waals surface area contributed by atoms with E-state index in [0.29, 0.717) is 0 Å². The number of halogens is 3. The first kappa shape index (κ1) is 16.6. The van der Waals surface area contributed by atoms with Gasteiger partial charge in [-0.2, -0.15) is 13.2 Å². The van der Waals surface area contributed by atoms with Crippen LogP contribution < -0.4 is 15.2 Å². The van der Waals surface area contributed by atoms with Crippen LogP contribution in [0.3, 0.4) is 0 Å². The first-order chi connectivity index (χ1) is 9.22. The molecule has 0 radical (unpaired) electrons. The molecule has 7 heteroatoms. The molecule has 0 aliphatic carbocycles. The molecule has 0 bridgehead atoms. The van der Waals surface area contributed by atoms with Crippen molar-refractivity contribution in [2.45, 2.75) is 31.2 Å². The third kappa shape index (κ3) is 2.69. The van der Waals surface area contributed by atoms with Gasteiger partial charge >= 0.3 is 6.18 Å². The lowest BCUT2D eigenvalue weighted by molar-refractivity contribution is -0.275. The van der Waals surface area contributed by atoms with Gasteiger partial charge in [-0.05, 0) is 24.6 Å². The van der Waals surface area contributed by atoms with Crippen molar-refractivity contribution in [3.63, 3.8) is 0 Å². The summed E-state index contributed by atoms with van der Waals surface area (Å²) in [5.74, 6) is 0.0707. The van der Waals surface area contributed by atoms with E-state index >= 15 is 0 Å². The lowest BCUT2D eigenvalue weighted by Gasteiger charge is -2.36. The van der Waals surface area contributed by atoms with Crippen LogP contribution in [-0.2, 0) is 5.60 Å². The van der Waals surface area contributed by atoms with Gasteiger partial charge in [0.2, 0.25) is 5.60 Å². The van der Waals surface area contributed by atoms with Crippen LogP contribution in [0, 0.1) is 0 Å². The molecule has 0 aromatic heterocycles. The Morgan fingerprint density at radius 2 is 1.85 bits per heavy atom. The normalized spacial score (nSPS) is 16.4. The minimum Gasteiger partial charge on any atom is -0.497 e. The molecule has 4 nitrogen and oxygen atoms in total. The molecule has 0 heterocycles. The SMILES string of the molecule is CCC(N)C(O)(c1cc(OC)ccc1OC)C(F)(F)F. The highest BCUT2D eigenvalue weighted by Crippen LogP contribution is 2.46. The number of benzene rings is 1. The summed E-state index contributed by atoms with van der Waals surface area (Å²) in [6.07, 6.45) is -5.00. The van der Waals surface area contributed by atoms with E-state index in [1.807, 2.05) is 0 Å². The average molecular weight is 293 g/mol. The summed E-state index contributed by atoms with van der Waals surface area (Å²) in [5, 5.41) is 10.2. The number of alkyl halides is 3. The van der Waals surface area contributed by atoms with Crippen molar-refractivity contribution in [1.29, 1.82) is 0 Å². The Morgan fingerprint density at radius 3 is 2.25 bits per heavy atom. The maximum Gasteiger partial charge on any atom is 0.423 e. The van der Waals surface area contributed by atoms with E-state index in [2.05, 4.69) is 0 Å². The molecule has 0 aliphatic heterocycles. The highest BCUT2D eigenvalue weighted by Gasteiger charge is 2.59. The predicted octanol–water partition coefficient (Wildman–Crippen LogP) is 2.19. The summed E-state index contributed by atoms with van der Waals surface area (Å²) < 4.78 is 49.9. The van der Waals surface area contributed by atoms with Crippen molar-refractivity contribution in [3.05, 3.63) is 23.8 Å². The van der Waals surface area contributed by atoms with Crippen LogP contribution in [0.4, 0.5) is 13.2 Å². The van der Waals surface area contributed by atoms with Gasteiger partial charge in [0.15, 0.2) is 0 Å². The number of nitrogens with two attached hydrogens (primary N) is 1. The zero-order chi connectivity index (χ0) is 15.6. The molecule has 1 rings (SSSR count). The molecule has 0 spiro atoms. The van der Waals surface area contributed by atoms with E-state index < -0.39 is 23.4 Å². The summed E-state index contributed by atoms with van der Waals surface area (Å²) >= 11 is 0. The number of ether oxygens (including phenoxy) is 2. The van der Waals surface area contributed by atoms with Crippen molar-refractivity contribution in [3.8, 4) is 11.5 Å². The molecule has 3 N–H and O–H groups in total. The zero-order valence-electron chi connectivity index (χ0n) is 11.5. The molecule has 0 amide bonds. The van der Waals surface area contributed by atoms with Gasteiger partial charge in [-0.15, -0.1) is 0 Å². The lowest BCUT2D eigenvalue weighted by Crippen LogP contribution is -2.55. The van der Waals surface area contributed by atoms with Gasteiger partial charge in [0.1, 0.15) is 11.5 Å². The van der Waals surface area contributed by atoms with Gasteiger partial charge in [-0.1, -0.05) is 6.92 Å². The molecule has 114 valence electrons. The van der Waals surface area contributed by atoms with Gasteiger partial charge in [0, 0.05) is 11.6 Å². The minimum absolute atomic E-state index is 0.0592. The van der Waals surface area contributed by atoms with Gasteiger partial charge in [0.05, 0.1) is 14.2 Å². The fraction of sp³-hybridized carbons (Fsp3) is 0.538. The first-order valence-electron chi connectivity index (χ1n) is 5.99. The molecule has 0 aliphatic rings. The largest absolute Gasteiger partial charge is 0.497 e. The lowest BCUT2D eigenvalue weighted by atomic mass is 9.84. The molecule has 2 unspecified atom stereocenters. The van der Waals surface area contributed by atoms with Crippen LogP contribution in [0.2, 0.25) is 0 Å². The number of methoxy groups -OCH3 is 2. The standard InChI is InChI=1S/C13H18F3NO3/c1-4-11(17)12(18,13(14,15)16)9-7-8(19-2)5-6-10(9)20-3/h5-7,11,18H,4,17H2,1-3H3. The summed E-state index contributed by atoms with van der Waals surface area (Å²) in [6, 6.07) is 2.30. The van der Waals surface area contributed by atoms with Crippen LogP contribution in [-0.4, -0.2) is 31.5 Å².